The summed E-state index contributed by atoms with van der Waals surface area (Å²) in [6, 6.07) is 8.47. The van der Waals surface area contributed by atoms with Gasteiger partial charge in [-0.15, -0.1) is 24.0 Å². The maximum Gasteiger partial charge on any atom is 0.251 e. The van der Waals surface area contributed by atoms with E-state index in [1.54, 1.807) is 7.05 Å². The summed E-state index contributed by atoms with van der Waals surface area (Å²) >= 11 is 0. The quantitative estimate of drug-likeness (QED) is 0.335. The standard InChI is InChI=1S/C20H32N4O.HI/c1-4-15(2)23-19(25)17-10-8-9-16(13-17)14-22-20(21-3)24-18-11-6-5-7-12-18;/h8-10,13,15,18H,4-7,11-12,14H2,1-3H3,(H,23,25)(H2,21,22,24);1H. The third-order valence-electron chi connectivity index (χ3n) is 4.81. The Bertz CT molecular complexity index is 585. The average Bonchev–Trinajstić information content (AvgIpc) is 2.66. The van der Waals surface area contributed by atoms with Gasteiger partial charge >= 0.3 is 0 Å². The first-order valence-corrected chi connectivity index (χ1v) is 9.49. The second kappa shape index (κ2) is 12.1. The third kappa shape index (κ3) is 7.51. The minimum atomic E-state index is -0.0130. The van der Waals surface area contributed by atoms with E-state index in [1.807, 2.05) is 31.2 Å². The van der Waals surface area contributed by atoms with E-state index < -0.39 is 0 Å². The van der Waals surface area contributed by atoms with Gasteiger partial charge in [0.25, 0.3) is 5.91 Å². The molecule has 1 aromatic rings. The first-order chi connectivity index (χ1) is 12.1. The van der Waals surface area contributed by atoms with E-state index in [1.165, 1.54) is 32.1 Å². The fourth-order valence-electron chi connectivity index (χ4n) is 3.05. The topological polar surface area (TPSA) is 65.5 Å². The number of rotatable bonds is 6. The van der Waals surface area contributed by atoms with Crippen molar-refractivity contribution in [3.05, 3.63) is 35.4 Å². The number of hydrogen-bond donors (Lipinski definition) is 3. The minimum absolute atomic E-state index is 0. The number of aliphatic imine (C=N–C) groups is 1. The molecule has 6 heteroatoms. The molecule has 3 N–H and O–H groups in total. The minimum Gasteiger partial charge on any atom is -0.354 e. The van der Waals surface area contributed by atoms with Gasteiger partial charge in [0.1, 0.15) is 0 Å². The van der Waals surface area contributed by atoms with Gasteiger partial charge in [0, 0.05) is 31.2 Å². The zero-order valence-electron chi connectivity index (χ0n) is 16.2. The first-order valence-electron chi connectivity index (χ1n) is 9.49. The molecule has 0 bridgehead atoms. The van der Waals surface area contributed by atoms with Crippen LogP contribution in [0.4, 0.5) is 0 Å². The number of carbonyl (C=O) groups is 1. The van der Waals surface area contributed by atoms with Crippen LogP contribution in [0.15, 0.2) is 29.3 Å². The number of halogens is 1. The molecule has 0 aliphatic heterocycles. The van der Waals surface area contributed by atoms with Crippen LogP contribution in [0.1, 0.15) is 68.3 Å². The summed E-state index contributed by atoms with van der Waals surface area (Å²) in [5, 5.41) is 9.87. The highest BCUT2D eigenvalue weighted by atomic mass is 127. The molecule has 1 aromatic carbocycles. The zero-order valence-corrected chi connectivity index (χ0v) is 18.5. The van der Waals surface area contributed by atoms with Crippen LogP contribution >= 0.6 is 24.0 Å². The number of nitrogens with one attached hydrogen (secondary N) is 3. The second-order valence-corrected chi connectivity index (χ2v) is 6.89. The predicted molar refractivity (Wildman–Crippen MR) is 119 cm³/mol. The lowest BCUT2D eigenvalue weighted by Gasteiger charge is -2.25. The highest BCUT2D eigenvalue weighted by Gasteiger charge is 2.14. The Kier molecular flexibility index (Phi) is 10.6. The van der Waals surface area contributed by atoms with E-state index in [4.69, 9.17) is 0 Å². The highest BCUT2D eigenvalue weighted by molar-refractivity contribution is 14.0. The normalized spacial score (nSPS) is 16.3. The van der Waals surface area contributed by atoms with Crippen LogP contribution in [-0.4, -0.2) is 31.0 Å². The lowest BCUT2D eigenvalue weighted by molar-refractivity contribution is 0.0939. The zero-order chi connectivity index (χ0) is 18.1. The molecule has 1 aliphatic rings. The summed E-state index contributed by atoms with van der Waals surface area (Å²) < 4.78 is 0. The summed E-state index contributed by atoms with van der Waals surface area (Å²) in [6.07, 6.45) is 7.29. The summed E-state index contributed by atoms with van der Waals surface area (Å²) in [7, 11) is 1.80. The van der Waals surface area contributed by atoms with Gasteiger partial charge in [0.15, 0.2) is 5.96 Å². The van der Waals surface area contributed by atoms with E-state index in [9.17, 15) is 4.79 Å². The number of guanidine groups is 1. The van der Waals surface area contributed by atoms with Crippen LogP contribution in [-0.2, 0) is 6.54 Å². The molecule has 5 nitrogen and oxygen atoms in total. The van der Waals surface area contributed by atoms with Gasteiger partial charge < -0.3 is 16.0 Å². The maximum atomic E-state index is 12.3. The van der Waals surface area contributed by atoms with Gasteiger partial charge in [-0.1, -0.05) is 38.3 Å². The Hall–Kier alpha value is -1.31. The molecule has 0 heterocycles. The molecule has 26 heavy (non-hydrogen) atoms. The van der Waals surface area contributed by atoms with Gasteiger partial charge in [-0.3, -0.25) is 9.79 Å². The highest BCUT2D eigenvalue weighted by Crippen LogP contribution is 2.17. The van der Waals surface area contributed by atoms with Crippen molar-refractivity contribution in [2.24, 2.45) is 4.99 Å². The molecule has 1 saturated carbocycles. The molecular formula is C20H33IN4O. The van der Waals surface area contributed by atoms with Gasteiger partial charge in [-0.05, 0) is 43.9 Å². The van der Waals surface area contributed by atoms with E-state index >= 15 is 0 Å². The monoisotopic (exact) mass is 472 g/mol. The Labute approximate surface area is 174 Å². The predicted octanol–water partition coefficient (Wildman–Crippen LogP) is 3.83. The van der Waals surface area contributed by atoms with E-state index in [-0.39, 0.29) is 35.9 Å². The second-order valence-electron chi connectivity index (χ2n) is 6.89. The van der Waals surface area contributed by atoms with Crippen molar-refractivity contribution in [1.82, 2.24) is 16.0 Å². The SMILES string of the molecule is CCC(C)NC(=O)c1cccc(CNC(=NC)NC2CCCCC2)c1.I. The van der Waals surface area contributed by atoms with Crippen molar-refractivity contribution in [2.75, 3.05) is 7.05 Å². The molecule has 1 amide bonds. The summed E-state index contributed by atoms with van der Waals surface area (Å²) in [4.78, 5) is 16.6. The van der Waals surface area contributed by atoms with Crippen LogP contribution < -0.4 is 16.0 Å². The third-order valence-corrected chi connectivity index (χ3v) is 4.81. The van der Waals surface area contributed by atoms with Crippen LogP contribution in [0.3, 0.4) is 0 Å². The van der Waals surface area contributed by atoms with Gasteiger partial charge in [-0.25, -0.2) is 0 Å². The fourth-order valence-corrected chi connectivity index (χ4v) is 3.05. The molecule has 1 unspecified atom stereocenters. The van der Waals surface area contributed by atoms with Crippen molar-refractivity contribution < 1.29 is 4.79 Å². The Morgan fingerprint density at radius 3 is 2.65 bits per heavy atom. The Morgan fingerprint density at radius 1 is 1.27 bits per heavy atom. The summed E-state index contributed by atoms with van der Waals surface area (Å²) in [5.41, 5.74) is 1.78. The molecule has 1 aliphatic carbocycles. The Balaban J connectivity index is 0.00000338. The van der Waals surface area contributed by atoms with Gasteiger partial charge in [0.05, 0.1) is 0 Å². The number of hydrogen-bond acceptors (Lipinski definition) is 2. The average molecular weight is 472 g/mol. The van der Waals surface area contributed by atoms with Crippen LogP contribution in [0.25, 0.3) is 0 Å². The van der Waals surface area contributed by atoms with E-state index in [0.29, 0.717) is 18.2 Å². The Morgan fingerprint density at radius 2 is 2.00 bits per heavy atom. The lowest BCUT2D eigenvalue weighted by Crippen LogP contribution is -2.43. The van der Waals surface area contributed by atoms with Crippen LogP contribution in [0.5, 0.6) is 0 Å². The van der Waals surface area contributed by atoms with Crippen molar-refractivity contribution in [3.8, 4) is 0 Å². The van der Waals surface area contributed by atoms with Crippen molar-refractivity contribution in [3.63, 3.8) is 0 Å². The largest absolute Gasteiger partial charge is 0.354 e. The molecule has 0 saturated heterocycles. The number of benzene rings is 1. The molecule has 0 radical (unpaired) electrons. The first kappa shape index (κ1) is 22.7. The van der Waals surface area contributed by atoms with E-state index in [2.05, 4.69) is 27.9 Å². The van der Waals surface area contributed by atoms with Crippen molar-refractivity contribution in [1.29, 1.82) is 0 Å². The van der Waals surface area contributed by atoms with Crippen LogP contribution in [0.2, 0.25) is 0 Å². The molecule has 0 spiro atoms. The molecule has 146 valence electrons. The van der Waals surface area contributed by atoms with Crippen molar-refractivity contribution >= 4 is 35.8 Å². The molecular weight excluding hydrogens is 439 g/mol. The van der Waals surface area contributed by atoms with Crippen molar-refractivity contribution in [2.45, 2.75) is 71.0 Å². The molecule has 1 fully saturated rings. The molecule has 2 rings (SSSR count). The smallest absolute Gasteiger partial charge is 0.251 e. The number of carbonyl (C=O) groups excluding carboxylic acids is 1. The number of nitrogens with zero attached hydrogens (tertiary/aromatic N) is 1. The van der Waals surface area contributed by atoms with Crippen LogP contribution in [0, 0.1) is 0 Å². The fraction of sp³-hybridized carbons (Fsp3) is 0.600. The lowest BCUT2D eigenvalue weighted by atomic mass is 9.96. The van der Waals surface area contributed by atoms with Gasteiger partial charge in [-0.2, -0.15) is 0 Å². The van der Waals surface area contributed by atoms with Gasteiger partial charge in [0.2, 0.25) is 0 Å². The maximum absolute atomic E-state index is 12.3. The molecule has 0 aromatic heterocycles. The van der Waals surface area contributed by atoms with E-state index in [0.717, 1.165) is 17.9 Å². The summed E-state index contributed by atoms with van der Waals surface area (Å²) in [5.74, 6) is 0.822. The molecule has 1 atom stereocenters. The summed E-state index contributed by atoms with van der Waals surface area (Å²) in [6.45, 7) is 4.73. The number of amides is 1.